The summed E-state index contributed by atoms with van der Waals surface area (Å²) in [6.45, 7) is 6.24. The molecule has 26 heavy (non-hydrogen) atoms. The summed E-state index contributed by atoms with van der Waals surface area (Å²) in [7, 11) is 0. The van der Waals surface area contributed by atoms with Gasteiger partial charge in [-0.25, -0.2) is 0 Å². The summed E-state index contributed by atoms with van der Waals surface area (Å²) in [5, 5.41) is 2.80. The Morgan fingerprint density at radius 1 is 1.04 bits per heavy atom. The fraction of sp³-hybridized carbons (Fsp3) is 0.364. The average molecular weight is 353 g/mol. The lowest BCUT2D eigenvalue weighted by atomic mass is 9.86. The molecule has 2 aromatic carbocycles. The first-order chi connectivity index (χ1) is 12.5. The van der Waals surface area contributed by atoms with Gasteiger partial charge in [0.2, 0.25) is 0 Å². The summed E-state index contributed by atoms with van der Waals surface area (Å²) in [6, 6.07) is 17.5. The van der Waals surface area contributed by atoms with Crippen LogP contribution in [0.2, 0.25) is 0 Å². The van der Waals surface area contributed by atoms with Gasteiger partial charge in [-0.1, -0.05) is 74.9 Å². The predicted molar refractivity (Wildman–Crippen MR) is 103 cm³/mol. The third kappa shape index (κ3) is 5.45. The maximum atomic E-state index is 12.6. The first-order valence-electron chi connectivity index (χ1n) is 9.05. The fourth-order valence-electron chi connectivity index (χ4n) is 2.87. The Hall–Kier alpha value is -2.62. The topological polar surface area (TPSA) is 55.4 Å². The monoisotopic (exact) mass is 353 g/mol. The van der Waals surface area contributed by atoms with Gasteiger partial charge in [0.05, 0.1) is 5.92 Å². The molecule has 0 fully saturated rings. The smallest absolute Gasteiger partial charge is 0.314 e. The van der Waals surface area contributed by atoms with Crippen LogP contribution in [0.4, 0.5) is 0 Å². The van der Waals surface area contributed by atoms with Crippen LogP contribution in [-0.4, -0.2) is 18.5 Å². The van der Waals surface area contributed by atoms with Gasteiger partial charge >= 0.3 is 5.97 Å². The molecule has 0 saturated heterocycles. The molecule has 0 aromatic heterocycles. The molecular formula is C22H27NO3. The summed E-state index contributed by atoms with van der Waals surface area (Å²) in [6.07, 6.45) is 0.855. The van der Waals surface area contributed by atoms with E-state index in [1.807, 2.05) is 75.4 Å². The molecule has 138 valence electrons. The van der Waals surface area contributed by atoms with Crippen LogP contribution in [0.3, 0.4) is 0 Å². The number of benzene rings is 2. The van der Waals surface area contributed by atoms with Crippen molar-refractivity contribution in [1.29, 1.82) is 0 Å². The summed E-state index contributed by atoms with van der Waals surface area (Å²) < 4.78 is 5.31. The first kappa shape index (κ1) is 19.7. The van der Waals surface area contributed by atoms with E-state index >= 15 is 0 Å². The zero-order valence-electron chi connectivity index (χ0n) is 15.7. The van der Waals surface area contributed by atoms with E-state index in [0.29, 0.717) is 6.54 Å². The third-order valence-electron chi connectivity index (χ3n) is 4.71. The lowest BCUT2D eigenvalue weighted by molar-refractivity contribution is -0.151. The Balaban J connectivity index is 1.91. The number of ether oxygens (including phenoxy) is 1. The summed E-state index contributed by atoms with van der Waals surface area (Å²) in [4.78, 5) is 24.6. The van der Waals surface area contributed by atoms with Crippen molar-refractivity contribution in [3.05, 3.63) is 71.3 Å². The van der Waals surface area contributed by atoms with Gasteiger partial charge < -0.3 is 10.1 Å². The van der Waals surface area contributed by atoms with Crippen LogP contribution < -0.4 is 5.32 Å². The van der Waals surface area contributed by atoms with Gasteiger partial charge in [0, 0.05) is 6.54 Å². The molecule has 0 saturated carbocycles. The molecule has 0 radical (unpaired) electrons. The average Bonchev–Trinajstić information content (AvgIpc) is 2.66. The number of carbonyl (C=O) groups is 2. The van der Waals surface area contributed by atoms with Gasteiger partial charge in [-0.05, 0) is 29.5 Å². The Kier molecular flexibility index (Phi) is 7.39. The maximum Gasteiger partial charge on any atom is 0.314 e. The molecule has 1 N–H and O–H groups in total. The van der Waals surface area contributed by atoms with Crippen LogP contribution in [0.25, 0.3) is 0 Å². The van der Waals surface area contributed by atoms with Crippen LogP contribution in [0.1, 0.15) is 42.9 Å². The van der Waals surface area contributed by atoms with Crippen LogP contribution in [-0.2, 0) is 20.9 Å². The molecule has 0 aliphatic rings. The minimum absolute atomic E-state index is 0.139. The third-order valence-corrected chi connectivity index (χ3v) is 4.71. The van der Waals surface area contributed by atoms with Crippen LogP contribution in [0.15, 0.2) is 54.6 Å². The molecule has 0 aliphatic heterocycles. The van der Waals surface area contributed by atoms with Crippen LogP contribution in [0, 0.1) is 12.8 Å². The Morgan fingerprint density at radius 3 is 2.35 bits per heavy atom. The van der Waals surface area contributed by atoms with Gasteiger partial charge in [-0.3, -0.25) is 9.59 Å². The van der Waals surface area contributed by atoms with Crippen molar-refractivity contribution in [2.45, 2.75) is 39.7 Å². The van der Waals surface area contributed by atoms with Crippen molar-refractivity contribution in [3.63, 3.8) is 0 Å². The van der Waals surface area contributed by atoms with E-state index in [1.165, 1.54) is 0 Å². The number of hydrogen-bond acceptors (Lipinski definition) is 3. The van der Waals surface area contributed by atoms with Crippen molar-refractivity contribution < 1.29 is 14.3 Å². The second-order valence-electron chi connectivity index (χ2n) is 6.58. The number of aryl methyl sites for hydroxylation is 1. The van der Waals surface area contributed by atoms with Gasteiger partial charge in [-0.15, -0.1) is 0 Å². The van der Waals surface area contributed by atoms with Gasteiger partial charge in [0.25, 0.3) is 5.91 Å². The largest absolute Gasteiger partial charge is 0.455 e. The standard InChI is InChI=1S/C22H27NO3/c1-4-16(2)21(18-11-6-5-7-12-18)22(25)26-15-20(24)23-14-19-13-9-8-10-17(19)3/h5-13,16,21H,4,14-15H2,1-3H3,(H,23,24)/t16-,21-/m0/s1. The second-order valence-corrected chi connectivity index (χ2v) is 6.58. The molecule has 0 aliphatic carbocycles. The van der Waals surface area contributed by atoms with Crippen molar-refractivity contribution in [2.24, 2.45) is 5.92 Å². The predicted octanol–water partition coefficient (Wildman–Crippen LogP) is 3.98. The lowest BCUT2D eigenvalue weighted by Crippen LogP contribution is -2.31. The maximum absolute atomic E-state index is 12.6. The normalized spacial score (nSPS) is 12.9. The molecule has 2 atom stereocenters. The minimum atomic E-state index is -0.356. The van der Waals surface area contributed by atoms with E-state index in [1.54, 1.807) is 0 Å². The number of nitrogens with one attached hydrogen (secondary N) is 1. The molecule has 0 heterocycles. The highest BCUT2D eigenvalue weighted by molar-refractivity contribution is 5.83. The quantitative estimate of drug-likeness (QED) is 0.730. The van der Waals surface area contributed by atoms with Crippen molar-refractivity contribution in [3.8, 4) is 0 Å². The highest BCUT2D eigenvalue weighted by atomic mass is 16.5. The first-order valence-corrected chi connectivity index (χ1v) is 9.05. The minimum Gasteiger partial charge on any atom is -0.455 e. The zero-order chi connectivity index (χ0) is 18.9. The fourth-order valence-corrected chi connectivity index (χ4v) is 2.87. The molecule has 1 amide bonds. The van der Waals surface area contributed by atoms with E-state index in [-0.39, 0.29) is 30.3 Å². The number of hydrogen-bond donors (Lipinski definition) is 1. The van der Waals surface area contributed by atoms with Crippen molar-refractivity contribution >= 4 is 11.9 Å². The molecule has 0 bridgehead atoms. The molecule has 4 nitrogen and oxygen atoms in total. The Labute approximate surface area is 155 Å². The van der Waals surface area contributed by atoms with Crippen molar-refractivity contribution in [1.82, 2.24) is 5.32 Å². The number of amides is 1. The summed E-state index contributed by atoms with van der Waals surface area (Å²) in [5.41, 5.74) is 3.09. The van der Waals surface area contributed by atoms with Crippen LogP contribution >= 0.6 is 0 Å². The SMILES string of the molecule is CC[C@H](C)[C@H](C(=O)OCC(=O)NCc1ccccc1C)c1ccccc1. The molecule has 2 aromatic rings. The van der Waals surface area contributed by atoms with Crippen LogP contribution in [0.5, 0.6) is 0 Å². The number of carbonyl (C=O) groups excluding carboxylic acids is 2. The van der Waals surface area contributed by atoms with E-state index in [4.69, 9.17) is 4.74 Å². The summed E-state index contributed by atoms with van der Waals surface area (Å²) >= 11 is 0. The zero-order valence-corrected chi connectivity index (χ0v) is 15.7. The van der Waals surface area contributed by atoms with E-state index in [9.17, 15) is 9.59 Å². The molecule has 2 rings (SSSR count). The van der Waals surface area contributed by atoms with E-state index < -0.39 is 0 Å². The second kappa shape index (κ2) is 9.76. The summed E-state index contributed by atoms with van der Waals surface area (Å²) in [5.74, 6) is -0.862. The lowest BCUT2D eigenvalue weighted by Gasteiger charge is -2.21. The number of esters is 1. The van der Waals surface area contributed by atoms with Gasteiger partial charge in [0.15, 0.2) is 6.61 Å². The molecule has 4 heteroatoms. The Bertz CT molecular complexity index is 727. The highest BCUT2D eigenvalue weighted by Gasteiger charge is 2.27. The van der Waals surface area contributed by atoms with E-state index in [0.717, 1.165) is 23.1 Å². The highest BCUT2D eigenvalue weighted by Crippen LogP contribution is 2.28. The van der Waals surface area contributed by atoms with Crippen molar-refractivity contribution in [2.75, 3.05) is 6.61 Å². The molecular weight excluding hydrogens is 326 g/mol. The molecule has 0 unspecified atom stereocenters. The molecule has 0 spiro atoms. The number of rotatable bonds is 8. The van der Waals surface area contributed by atoms with Gasteiger partial charge in [-0.2, -0.15) is 0 Å². The van der Waals surface area contributed by atoms with Gasteiger partial charge in [0.1, 0.15) is 0 Å². The Morgan fingerprint density at radius 2 is 1.69 bits per heavy atom. The van der Waals surface area contributed by atoms with E-state index in [2.05, 4.69) is 5.32 Å².